The SMILES string of the molecule is CSCC(=O)N1CCC(n2c(-c3ccccc3)nc3ccc(F)cc32)CC1. The molecule has 4 nitrogen and oxygen atoms in total. The van der Waals surface area contributed by atoms with E-state index in [1.54, 1.807) is 23.9 Å². The van der Waals surface area contributed by atoms with Crippen molar-refractivity contribution < 1.29 is 9.18 Å². The Kier molecular flexibility index (Phi) is 5.16. The first-order valence-corrected chi connectivity index (χ1v) is 10.6. The third-order valence-electron chi connectivity index (χ3n) is 5.13. The third kappa shape index (κ3) is 3.58. The number of benzene rings is 2. The molecule has 1 aliphatic heterocycles. The molecule has 3 aromatic rings. The van der Waals surface area contributed by atoms with Crippen LogP contribution >= 0.6 is 11.8 Å². The fourth-order valence-electron chi connectivity index (χ4n) is 3.81. The molecule has 0 radical (unpaired) electrons. The molecule has 0 atom stereocenters. The summed E-state index contributed by atoms with van der Waals surface area (Å²) in [7, 11) is 0. The zero-order valence-corrected chi connectivity index (χ0v) is 16.1. The van der Waals surface area contributed by atoms with Crippen molar-refractivity contribution in [1.82, 2.24) is 14.5 Å². The largest absolute Gasteiger partial charge is 0.342 e. The first-order chi connectivity index (χ1) is 13.2. The Labute approximate surface area is 162 Å². The van der Waals surface area contributed by atoms with Gasteiger partial charge in [0.15, 0.2) is 0 Å². The van der Waals surface area contributed by atoms with Crippen molar-refractivity contribution in [2.24, 2.45) is 0 Å². The molecule has 140 valence electrons. The van der Waals surface area contributed by atoms with Gasteiger partial charge in [-0.15, -0.1) is 0 Å². The number of carbonyl (C=O) groups excluding carboxylic acids is 1. The smallest absolute Gasteiger partial charge is 0.232 e. The van der Waals surface area contributed by atoms with Gasteiger partial charge < -0.3 is 9.47 Å². The van der Waals surface area contributed by atoms with Crippen molar-refractivity contribution in [3.05, 3.63) is 54.3 Å². The van der Waals surface area contributed by atoms with Crippen LogP contribution in [0.3, 0.4) is 0 Å². The molecule has 1 aromatic heterocycles. The number of carbonyl (C=O) groups is 1. The number of fused-ring (bicyclic) bond motifs is 1. The van der Waals surface area contributed by atoms with Crippen LogP contribution < -0.4 is 0 Å². The molecule has 0 spiro atoms. The van der Waals surface area contributed by atoms with Crippen LogP contribution in [-0.2, 0) is 4.79 Å². The number of nitrogens with zero attached hydrogens (tertiary/aromatic N) is 3. The molecule has 0 bridgehead atoms. The van der Waals surface area contributed by atoms with Crippen LogP contribution in [0.1, 0.15) is 18.9 Å². The topological polar surface area (TPSA) is 38.1 Å². The Morgan fingerprint density at radius 2 is 1.93 bits per heavy atom. The number of likely N-dealkylation sites (tertiary alicyclic amines) is 1. The van der Waals surface area contributed by atoms with Crippen LogP contribution in [0.5, 0.6) is 0 Å². The molecule has 1 saturated heterocycles. The van der Waals surface area contributed by atoms with Crippen molar-refractivity contribution in [3.63, 3.8) is 0 Å². The van der Waals surface area contributed by atoms with Crippen LogP contribution in [0.15, 0.2) is 48.5 Å². The van der Waals surface area contributed by atoms with Crippen LogP contribution in [0.4, 0.5) is 4.39 Å². The van der Waals surface area contributed by atoms with Gasteiger partial charge in [-0.1, -0.05) is 30.3 Å². The van der Waals surface area contributed by atoms with Crippen molar-refractivity contribution in [2.75, 3.05) is 25.1 Å². The molecule has 4 rings (SSSR count). The van der Waals surface area contributed by atoms with Crippen LogP contribution in [0, 0.1) is 5.82 Å². The molecule has 27 heavy (non-hydrogen) atoms. The molecule has 0 saturated carbocycles. The molecule has 0 unspecified atom stereocenters. The first kappa shape index (κ1) is 18.0. The summed E-state index contributed by atoms with van der Waals surface area (Å²) in [6, 6.07) is 15.0. The molecular formula is C21H22FN3OS. The zero-order valence-electron chi connectivity index (χ0n) is 15.3. The van der Waals surface area contributed by atoms with E-state index in [1.807, 2.05) is 41.5 Å². The summed E-state index contributed by atoms with van der Waals surface area (Å²) in [5.41, 5.74) is 2.65. The molecule has 2 heterocycles. The molecule has 1 aliphatic rings. The summed E-state index contributed by atoms with van der Waals surface area (Å²) >= 11 is 1.56. The number of thioether (sulfide) groups is 1. The Balaban J connectivity index is 1.70. The first-order valence-electron chi connectivity index (χ1n) is 9.17. The maximum Gasteiger partial charge on any atom is 0.232 e. The number of piperidine rings is 1. The quantitative estimate of drug-likeness (QED) is 0.671. The van der Waals surface area contributed by atoms with Gasteiger partial charge in [-0.3, -0.25) is 4.79 Å². The Morgan fingerprint density at radius 3 is 2.63 bits per heavy atom. The monoisotopic (exact) mass is 383 g/mol. The summed E-state index contributed by atoms with van der Waals surface area (Å²) in [5.74, 6) is 1.34. The molecule has 2 aromatic carbocycles. The van der Waals surface area contributed by atoms with E-state index < -0.39 is 0 Å². The normalized spacial score (nSPS) is 15.4. The van der Waals surface area contributed by atoms with Gasteiger partial charge in [0.05, 0.1) is 16.8 Å². The second-order valence-electron chi connectivity index (χ2n) is 6.85. The highest BCUT2D eigenvalue weighted by atomic mass is 32.2. The maximum atomic E-state index is 14.0. The average Bonchev–Trinajstić information content (AvgIpc) is 3.07. The van der Waals surface area contributed by atoms with E-state index in [9.17, 15) is 9.18 Å². The van der Waals surface area contributed by atoms with Gasteiger partial charge in [0, 0.05) is 24.7 Å². The standard InChI is InChI=1S/C21H22FN3OS/c1-27-14-20(26)24-11-9-17(10-12-24)25-19-13-16(22)7-8-18(19)23-21(25)15-5-3-2-4-6-15/h2-8,13,17H,9-12,14H2,1H3. The number of amides is 1. The van der Waals surface area contributed by atoms with E-state index in [2.05, 4.69) is 4.57 Å². The van der Waals surface area contributed by atoms with Gasteiger partial charge in [-0.05, 0) is 37.3 Å². The Hall–Kier alpha value is -2.34. The fraction of sp³-hybridized carbons (Fsp3) is 0.333. The zero-order chi connectivity index (χ0) is 18.8. The van der Waals surface area contributed by atoms with Crippen molar-refractivity contribution in [3.8, 4) is 11.4 Å². The molecular weight excluding hydrogens is 361 g/mol. The second kappa shape index (κ2) is 7.72. The highest BCUT2D eigenvalue weighted by Crippen LogP contribution is 2.33. The summed E-state index contributed by atoms with van der Waals surface area (Å²) < 4.78 is 16.1. The minimum atomic E-state index is -0.254. The lowest BCUT2D eigenvalue weighted by Gasteiger charge is -2.33. The van der Waals surface area contributed by atoms with Gasteiger partial charge in [0.1, 0.15) is 11.6 Å². The summed E-state index contributed by atoms with van der Waals surface area (Å²) in [6.45, 7) is 1.46. The second-order valence-corrected chi connectivity index (χ2v) is 7.72. The molecule has 6 heteroatoms. The van der Waals surface area contributed by atoms with Crippen LogP contribution in [0.2, 0.25) is 0 Å². The highest BCUT2D eigenvalue weighted by Gasteiger charge is 2.27. The lowest BCUT2D eigenvalue weighted by atomic mass is 10.0. The molecule has 0 N–H and O–H groups in total. The number of rotatable bonds is 4. The molecule has 1 amide bonds. The minimum absolute atomic E-state index is 0.199. The minimum Gasteiger partial charge on any atom is -0.342 e. The lowest BCUT2D eigenvalue weighted by Crippen LogP contribution is -2.40. The van der Waals surface area contributed by atoms with Crippen molar-refractivity contribution >= 4 is 28.7 Å². The van der Waals surface area contributed by atoms with Crippen LogP contribution in [-0.4, -0.2) is 45.5 Å². The Morgan fingerprint density at radius 1 is 1.19 bits per heavy atom. The van der Waals surface area contributed by atoms with Crippen molar-refractivity contribution in [2.45, 2.75) is 18.9 Å². The predicted molar refractivity (Wildman–Crippen MR) is 108 cm³/mol. The highest BCUT2D eigenvalue weighted by molar-refractivity contribution is 7.99. The van der Waals surface area contributed by atoms with E-state index >= 15 is 0 Å². The number of aromatic nitrogens is 2. The maximum absolute atomic E-state index is 14.0. The van der Waals surface area contributed by atoms with Gasteiger partial charge >= 0.3 is 0 Å². The predicted octanol–water partition coefficient (Wildman–Crippen LogP) is 4.37. The number of hydrogen-bond acceptors (Lipinski definition) is 3. The average molecular weight is 383 g/mol. The van der Waals surface area contributed by atoms with Gasteiger partial charge in [-0.25, -0.2) is 9.37 Å². The van der Waals surface area contributed by atoms with Gasteiger partial charge in [0.25, 0.3) is 0 Å². The van der Waals surface area contributed by atoms with E-state index in [0.29, 0.717) is 5.75 Å². The molecule has 1 fully saturated rings. The third-order valence-corrected chi connectivity index (χ3v) is 5.67. The van der Waals surface area contributed by atoms with E-state index in [1.165, 1.54) is 6.07 Å². The lowest BCUT2D eigenvalue weighted by molar-refractivity contribution is -0.129. The van der Waals surface area contributed by atoms with Crippen LogP contribution in [0.25, 0.3) is 22.4 Å². The van der Waals surface area contributed by atoms with Gasteiger partial charge in [-0.2, -0.15) is 11.8 Å². The van der Waals surface area contributed by atoms with E-state index in [0.717, 1.165) is 48.4 Å². The number of imidazole rings is 1. The summed E-state index contributed by atoms with van der Waals surface area (Å²) in [5, 5.41) is 0. The summed E-state index contributed by atoms with van der Waals surface area (Å²) in [6.07, 6.45) is 3.65. The van der Waals surface area contributed by atoms with Gasteiger partial charge in [0.2, 0.25) is 5.91 Å². The van der Waals surface area contributed by atoms with Crippen molar-refractivity contribution in [1.29, 1.82) is 0 Å². The van der Waals surface area contributed by atoms with E-state index in [-0.39, 0.29) is 17.8 Å². The summed E-state index contributed by atoms with van der Waals surface area (Å²) in [4.78, 5) is 18.9. The Bertz CT molecular complexity index is 949. The van der Waals surface area contributed by atoms with E-state index in [4.69, 9.17) is 4.98 Å². The fourth-order valence-corrected chi connectivity index (χ4v) is 4.24. The molecule has 0 aliphatic carbocycles. The number of hydrogen-bond donors (Lipinski definition) is 0. The number of halogens is 1.